The average molecular weight is 360 g/mol. The molecule has 1 rings (SSSR count). The van der Waals surface area contributed by atoms with Crippen molar-refractivity contribution in [1.29, 1.82) is 0 Å². The van der Waals surface area contributed by atoms with Crippen molar-refractivity contribution in [1.82, 2.24) is 19.8 Å². The average Bonchev–Trinajstić information content (AvgIpc) is 2.56. The van der Waals surface area contributed by atoms with Crippen LogP contribution in [0.1, 0.15) is 26.7 Å². The van der Waals surface area contributed by atoms with Gasteiger partial charge in [0.15, 0.2) is 5.96 Å². The lowest BCUT2D eigenvalue weighted by molar-refractivity contribution is 0.225. The van der Waals surface area contributed by atoms with Gasteiger partial charge in [0.05, 0.1) is 5.75 Å². The van der Waals surface area contributed by atoms with Gasteiger partial charge < -0.3 is 10.6 Å². The van der Waals surface area contributed by atoms with Crippen molar-refractivity contribution in [3.8, 4) is 0 Å². The second-order valence-corrected chi connectivity index (χ2v) is 8.00. The topological polar surface area (TPSA) is 77.0 Å². The number of piperidine rings is 1. The molecule has 0 aliphatic carbocycles. The van der Waals surface area contributed by atoms with Crippen LogP contribution in [0.2, 0.25) is 0 Å². The number of rotatable bonds is 9. The third-order valence-corrected chi connectivity index (χ3v) is 6.31. The van der Waals surface area contributed by atoms with Gasteiger partial charge in [-0.3, -0.25) is 9.89 Å². The Bertz CT molecular complexity index is 495. The summed E-state index contributed by atoms with van der Waals surface area (Å²) in [7, 11) is -1.49. The molecule has 0 aromatic carbocycles. The van der Waals surface area contributed by atoms with Crippen molar-refractivity contribution in [3.63, 3.8) is 0 Å². The van der Waals surface area contributed by atoms with Gasteiger partial charge in [0, 0.05) is 52.4 Å². The van der Waals surface area contributed by atoms with Gasteiger partial charge in [-0.05, 0) is 12.8 Å². The van der Waals surface area contributed by atoms with Crippen LogP contribution in [0.25, 0.3) is 0 Å². The highest BCUT2D eigenvalue weighted by Gasteiger charge is 2.20. The van der Waals surface area contributed by atoms with E-state index in [1.807, 2.05) is 19.9 Å². The zero-order valence-electron chi connectivity index (χ0n) is 15.3. The second-order valence-electron chi connectivity index (χ2n) is 5.91. The maximum Gasteiger partial charge on any atom is 0.215 e. The van der Waals surface area contributed by atoms with Gasteiger partial charge in [0.1, 0.15) is 0 Å². The molecule has 0 unspecified atom stereocenters. The third-order valence-electron chi connectivity index (χ3n) is 4.29. The minimum Gasteiger partial charge on any atom is -0.355 e. The lowest BCUT2D eigenvalue weighted by Gasteiger charge is -2.32. The molecule has 1 aliphatic heterocycles. The molecular formula is C16H33N5O2S. The van der Waals surface area contributed by atoms with Crippen molar-refractivity contribution >= 4 is 16.0 Å². The Balaban J connectivity index is 2.37. The van der Waals surface area contributed by atoms with Crippen LogP contribution in [-0.4, -0.2) is 81.7 Å². The van der Waals surface area contributed by atoms with Gasteiger partial charge in [-0.1, -0.05) is 19.9 Å². The smallest absolute Gasteiger partial charge is 0.215 e. The van der Waals surface area contributed by atoms with Crippen molar-refractivity contribution in [2.24, 2.45) is 4.99 Å². The number of aliphatic imine (C=N–C) groups is 1. The summed E-state index contributed by atoms with van der Waals surface area (Å²) in [5.41, 5.74) is 0. The normalized spacial score (nSPS) is 17.9. The molecule has 0 saturated carbocycles. The summed E-state index contributed by atoms with van der Waals surface area (Å²) in [4.78, 5) is 6.57. The fourth-order valence-electron chi connectivity index (χ4n) is 2.87. The van der Waals surface area contributed by atoms with Crippen LogP contribution >= 0.6 is 0 Å². The van der Waals surface area contributed by atoms with E-state index in [1.54, 1.807) is 7.05 Å². The molecule has 0 atom stereocenters. The number of hydrogen-bond acceptors (Lipinski definition) is 4. The van der Waals surface area contributed by atoms with E-state index < -0.39 is 10.0 Å². The predicted molar refractivity (Wildman–Crippen MR) is 101 cm³/mol. The number of sulfonamides is 1. The second kappa shape index (κ2) is 10.7. The van der Waals surface area contributed by atoms with Crippen molar-refractivity contribution < 1.29 is 8.42 Å². The summed E-state index contributed by atoms with van der Waals surface area (Å²) in [6.07, 6.45) is 4.03. The molecule has 1 fully saturated rings. The van der Waals surface area contributed by atoms with E-state index >= 15 is 0 Å². The molecule has 8 heteroatoms. The maximum atomic E-state index is 12.2. The Morgan fingerprint density at radius 3 is 2.46 bits per heavy atom. The highest BCUT2D eigenvalue weighted by Crippen LogP contribution is 2.09. The fourth-order valence-corrected chi connectivity index (χ4v) is 4.28. The van der Waals surface area contributed by atoms with Crippen molar-refractivity contribution in [2.75, 3.05) is 52.1 Å². The van der Waals surface area contributed by atoms with E-state index in [0.29, 0.717) is 31.6 Å². The lowest BCUT2D eigenvalue weighted by Crippen LogP contribution is -2.49. The molecule has 2 N–H and O–H groups in total. The third kappa shape index (κ3) is 6.78. The van der Waals surface area contributed by atoms with Crippen LogP contribution in [-0.2, 0) is 10.0 Å². The van der Waals surface area contributed by atoms with E-state index in [0.717, 1.165) is 32.5 Å². The molecule has 1 aliphatic rings. The molecule has 1 heterocycles. The van der Waals surface area contributed by atoms with Crippen LogP contribution in [0.4, 0.5) is 0 Å². The Morgan fingerprint density at radius 1 is 1.33 bits per heavy atom. The Labute approximate surface area is 147 Å². The molecular weight excluding hydrogens is 326 g/mol. The highest BCUT2D eigenvalue weighted by molar-refractivity contribution is 7.89. The Hall–Kier alpha value is -1.12. The van der Waals surface area contributed by atoms with E-state index in [9.17, 15) is 8.42 Å². The number of guanidine groups is 1. The molecule has 0 aromatic heterocycles. The maximum absolute atomic E-state index is 12.2. The predicted octanol–water partition coefficient (Wildman–Crippen LogP) is 0.473. The van der Waals surface area contributed by atoms with Gasteiger partial charge in [0.25, 0.3) is 0 Å². The van der Waals surface area contributed by atoms with Crippen LogP contribution in [0.15, 0.2) is 17.6 Å². The molecule has 0 radical (unpaired) electrons. The summed E-state index contributed by atoms with van der Waals surface area (Å²) in [5.74, 6) is 0.750. The largest absolute Gasteiger partial charge is 0.355 e. The quantitative estimate of drug-likeness (QED) is 0.356. The molecule has 0 amide bonds. The number of nitrogens with one attached hydrogen (secondary N) is 2. The number of nitrogens with zero attached hydrogens (tertiary/aromatic N) is 3. The van der Waals surface area contributed by atoms with Crippen LogP contribution < -0.4 is 10.6 Å². The summed E-state index contributed by atoms with van der Waals surface area (Å²) in [6.45, 7) is 11.9. The van der Waals surface area contributed by atoms with E-state index in [-0.39, 0.29) is 5.75 Å². The Kier molecular flexibility index (Phi) is 9.31. The first kappa shape index (κ1) is 20.9. The van der Waals surface area contributed by atoms with Gasteiger partial charge in [-0.15, -0.1) is 6.58 Å². The van der Waals surface area contributed by atoms with E-state index in [1.165, 1.54) is 4.31 Å². The molecule has 0 bridgehead atoms. The Morgan fingerprint density at radius 2 is 1.96 bits per heavy atom. The first-order chi connectivity index (χ1) is 11.5. The summed E-state index contributed by atoms with van der Waals surface area (Å²) in [6, 6.07) is 0.372. The first-order valence-corrected chi connectivity index (χ1v) is 10.4. The van der Waals surface area contributed by atoms with Crippen LogP contribution in [0, 0.1) is 0 Å². The summed E-state index contributed by atoms with van der Waals surface area (Å²) in [5, 5.41) is 6.51. The monoisotopic (exact) mass is 359 g/mol. The summed E-state index contributed by atoms with van der Waals surface area (Å²) >= 11 is 0. The van der Waals surface area contributed by atoms with E-state index in [4.69, 9.17) is 0 Å². The van der Waals surface area contributed by atoms with Gasteiger partial charge in [-0.2, -0.15) is 0 Å². The molecule has 7 nitrogen and oxygen atoms in total. The molecule has 0 spiro atoms. The van der Waals surface area contributed by atoms with Crippen molar-refractivity contribution in [2.45, 2.75) is 32.7 Å². The summed E-state index contributed by atoms with van der Waals surface area (Å²) < 4.78 is 25.8. The van der Waals surface area contributed by atoms with Gasteiger partial charge >= 0.3 is 0 Å². The van der Waals surface area contributed by atoms with E-state index in [2.05, 4.69) is 27.1 Å². The fraction of sp³-hybridized carbons (Fsp3) is 0.812. The number of hydrogen-bond donors (Lipinski definition) is 2. The van der Waals surface area contributed by atoms with Crippen LogP contribution in [0.3, 0.4) is 0 Å². The molecule has 1 saturated heterocycles. The molecule has 0 aromatic rings. The minimum absolute atomic E-state index is 0.0765. The highest BCUT2D eigenvalue weighted by atomic mass is 32.2. The molecule has 24 heavy (non-hydrogen) atoms. The number of likely N-dealkylation sites (tertiary alicyclic amines) is 1. The molecule has 140 valence electrons. The van der Waals surface area contributed by atoms with Crippen LogP contribution in [0.5, 0.6) is 0 Å². The first-order valence-electron chi connectivity index (χ1n) is 8.75. The SMILES string of the molecule is C=CCN1CCC(NC(=NC)NCCS(=O)(=O)N(CC)CC)CC1. The van der Waals surface area contributed by atoms with Crippen molar-refractivity contribution in [3.05, 3.63) is 12.7 Å². The standard InChI is InChI=1S/C16H33N5O2S/c1-5-11-20-12-8-15(9-13-20)19-16(17-4)18-10-14-24(22,23)21(6-2)7-3/h5,15H,1,6-14H2,2-4H3,(H2,17,18,19). The van der Waals surface area contributed by atoms with Gasteiger partial charge in [0.2, 0.25) is 10.0 Å². The van der Waals surface area contributed by atoms with Gasteiger partial charge in [-0.25, -0.2) is 12.7 Å². The lowest BCUT2D eigenvalue weighted by atomic mass is 10.1. The zero-order valence-corrected chi connectivity index (χ0v) is 16.1. The minimum atomic E-state index is -3.20. The zero-order chi connectivity index (χ0) is 18.0.